The van der Waals surface area contributed by atoms with Crippen LogP contribution in [0, 0.1) is 0 Å². The van der Waals surface area contributed by atoms with Crippen LogP contribution in [-0.2, 0) is 11.8 Å². The molecule has 0 heterocycles. The van der Waals surface area contributed by atoms with Gasteiger partial charge < -0.3 is 15.3 Å². The van der Waals surface area contributed by atoms with Crippen LogP contribution in [0.15, 0.2) is 60.7 Å². The van der Waals surface area contributed by atoms with E-state index in [1.165, 1.54) is 27.9 Å². The number of carbonyl (C=O) groups is 1. The molecule has 3 aromatic carbocycles. The van der Waals surface area contributed by atoms with E-state index in [1.807, 2.05) is 12.1 Å². The first kappa shape index (κ1) is 28.5. The zero-order valence-corrected chi connectivity index (χ0v) is 23.7. The highest BCUT2D eigenvalue weighted by Crippen LogP contribution is 2.38. The normalized spacial score (nSPS) is 11.7. The Balaban J connectivity index is 2.10. The van der Waals surface area contributed by atoms with Crippen molar-refractivity contribution in [1.29, 1.82) is 0 Å². The third-order valence-electron chi connectivity index (χ3n) is 6.97. The maximum Gasteiger partial charge on any atom is 0.335 e. The van der Waals surface area contributed by atoms with E-state index >= 15 is 0 Å². The summed E-state index contributed by atoms with van der Waals surface area (Å²) in [5, 5.41) is 12.8. The second-order valence-electron chi connectivity index (χ2n) is 11.1. The molecule has 0 fully saturated rings. The van der Waals surface area contributed by atoms with Gasteiger partial charge in [0.2, 0.25) is 0 Å². The zero-order chi connectivity index (χ0) is 27.2. The van der Waals surface area contributed by atoms with Crippen molar-refractivity contribution in [3.8, 4) is 22.3 Å². The van der Waals surface area contributed by atoms with Gasteiger partial charge in [-0.3, -0.25) is 0 Å². The van der Waals surface area contributed by atoms with Gasteiger partial charge in [-0.05, 0) is 102 Å². The maximum atomic E-state index is 11.3. The van der Waals surface area contributed by atoms with E-state index in [-0.39, 0.29) is 5.41 Å². The second kappa shape index (κ2) is 12.4. The van der Waals surface area contributed by atoms with E-state index < -0.39 is 5.97 Å². The molecule has 3 rings (SSSR count). The van der Waals surface area contributed by atoms with Gasteiger partial charge in [-0.15, -0.1) is 0 Å². The Morgan fingerprint density at radius 1 is 0.892 bits per heavy atom. The molecule has 0 aliphatic heterocycles. The van der Waals surface area contributed by atoms with Gasteiger partial charge in [0.1, 0.15) is 0 Å². The van der Waals surface area contributed by atoms with E-state index in [0.29, 0.717) is 11.6 Å². The topological polar surface area (TPSA) is 52.6 Å². The van der Waals surface area contributed by atoms with Crippen molar-refractivity contribution >= 4 is 11.7 Å². The fourth-order valence-corrected chi connectivity index (χ4v) is 4.86. The Labute approximate surface area is 223 Å². The Hall–Kier alpha value is -3.11. The van der Waals surface area contributed by atoms with Crippen LogP contribution in [0.4, 0.5) is 5.69 Å². The van der Waals surface area contributed by atoms with Crippen LogP contribution in [0.3, 0.4) is 0 Å². The summed E-state index contributed by atoms with van der Waals surface area (Å²) in [7, 11) is 0. The zero-order valence-electron chi connectivity index (χ0n) is 23.7. The van der Waals surface area contributed by atoms with Crippen molar-refractivity contribution in [3.05, 3.63) is 77.4 Å². The summed E-state index contributed by atoms with van der Waals surface area (Å²) in [5.74, 6) is -0.902. The summed E-state index contributed by atoms with van der Waals surface area (Å²) in [6.07, 6.45) is 2.07. The largest absolute Gasteiger partial charge is 0.478 e. The van der Waals surface area contributed by atoms with Crippen molar-refractivity contribution in [2.45, 2.75) is 72.8 Å². The number of aromatic carboxylic acids is 1. The third-order valence-corrected chi connectivity index (χ3v) is 6.97. The van der Waals surface area contributed by atoms with Crippen molar-refractivity contribution in [2.24, 2.45) is 0 Å². The van der Waals surface area contributed by atoms with Gasteiger partial charge in [0, 0.05) is 24.8 Å². The lowest BCUT2D eigenvalue weighted by atomic mass is 9.82. The average Bonchev–Trinajstić information content (AvgIpc) is 2.87. The lowest BCUT2D eigenvalue weighted by Gasteiger charge is -2.31. The van der Waals surface area contributed by atoms with Crippen LogP contribution in [0.5, 0.6) is 0 Å². The molecule has 2 N–H and O–H groups in total. The second-order valence-corrected chi connectivity index (χ2v) is 11.1. The van der Waals surface area contributed by atoms with Crippen molar-refractivity contribution in [2.75, 3.05) is 24.5 Å². The monoisotopic (exact) mass is 500 g/mol. The summed E-state index contributed by atoms with van der Waals surface area (Å²) in [4.78, 5) is 13.8. The minimum atomic E-state index is -0.902. The molecule has 0 unspecified atom stereocenters. The van der Waals surface area contributed by atoms with Gasteiger partial charge in [0.05, 0.1) is 5.56 Å². The van der Waals surface area contributed by atoms with Gasteiger partial charge in [0.25, 0.3) is 0 Å². The van der Waals surface area contributed by atoms with E-state index in [9.17, 15) is 9.90 Å². The van der Waals surface area contributed by atoms with Crippen molar-refractivity contribution in [3.63, 3.8) is 0 Å². The summed E-state index contributed by atoms with van der Waals surface area (Å²) in [5.41, 5.74) is 8.93. The van der Waals surface area contributed by atoms with E-state index in [4.69, 9.17) is 0 Å². The highest BCUT2D eigenvalue weighted by molar-refractivity contribution is 5.88. The molecular weight excluding hydrogens is 456 g/mol. The van der Waals surface area contributed by atoms with Crippen LogP contribution in [0.25, 0.3) is 22.3 Å². The molecule has 4 nitrogen and oxygen atoms in total. The lowest BCUT2D eigenvalue weighted by Crippen LogP contribution is -2.26. The molecule has 0 aliphatic carbocycles. The minimum Gasteiger partial charge on any atom is -0.478 e. The summed E-state index contributed by atoms with van der Waals surface area (Å²) in [6, 6.07) is 21.3. The molecule has 0 saturated carbocycles. The number of benzene rings is 3. The number of hydrogen-bond acceptors (Lipinski definition) is 3. The predicted molar refractivity (Wildman–Crippen MR) is 158 cm³/mol. The van der Waals surface area contributed by atoms with Gasteiger partial charge in [-0.2, -0.15) is 0 Å². The third kappa shape index (κ3) is 7.23. The fraction of sp³-hybridized carbons (Fsp3) is 0.424. The average molecular weight is 501 g/mol. The van der Waals surface area contributed by atoms with E-state index in [2.05, 4.69) is 95.1 Å². The predicted octanol–water partition coefficient (Wildman–Crippen LogP) is 7.79. The number of nitrogens with zero attached hydrogens (tertiary/aromatic N) is 1. The number of hydrogen-bond donors (Lipinski definition) is 2. The van der Waals surface area contributed by atoms with E-state index in [0.717, 1.165) is 43.6 Å². The lowest BCUT2D eigenvalue weighted by molar-refractivity contribution is 0.0697. The SMILES string of the molecule is CCN(CC)c1ccc(-c2cc(-c3ccc(C(=O)O)cc3)ccc2CCCNC(C)C)cc1C(C)(C)C. The number of carboxylic acid groups (broad SMARTS) is 1. The molecule has 4 heteroatoms. The Bertz CT molecular complexity index is 1190. The first-order valence-electron chi connectivity index (χ1n) is 13.6. The number of nitrogens with one attached hydrogen (secondary N) is 1. The maximum absolute atomic E-state index is 11.3. The molecule has 0 amide bonds. The molecule has 198 valence electrons. The molecule has 0 spiro atoms. The van der Waals surface area contributed by atoms with Crippen LogP contribution in [0.2, 0.25) is 0 Å². The van der Waals surface area contributed by atoms with Gasteiger partial charge >= 0.3 is 5.97 Å². The molecule has 3 aromatic rings. The van der Waals surface area contributed by atoms with E-state index in [1.54, 1.807) is 12.1 Å². The minimum absolute atomic E-state index is 0.0134. The molecule has 0 aliphatic rings. The number of carboxylic acids is 1. The molecule has 37 heavy (non-hydrogen) atoms. The first-order chi connectivity index (χ1) is 17.5. The number of anilines is 1. The highest BCUT2D eigenvalue weighted by atomic mass is 16.4. The molecule has 0 atom stereocenters. The highest BCUT2D eigenvalue weighted by Gasteiger charge is 2.22. The van der Waals surface area contributed by atoms with Crippen LogP contribution < -0.4 is 10.2 Å². The van der Waals surface area contributed by atoms with Crippen molar-refractivity contribution < 1.29 is 9.90 Å². The van der Waals surface area contributed by atoms with Crippen LogP contribution in [0.1, 0.15) is 76.4 Å². The van der Waals surface area contributed by atoms with Gasteiger partial charge in [0.15, 0.2) is 0 Å². The first-order valence-corrected chi connectivity index (χ1v) is 13.6. The molecule has 0 radical (unpaired) electrons. The summed E-state index contributed by atoms with van der Waals surface area (Å²) < 4.78 is 0. The Morgan fingerprint density at radius 2 is 1.51 bits per heavy atom. The smallest absolute Gasteiger partial charge is 0.335 e. The van der Waals surface area contributed by atoms with Crippen LogP contribution in [-0.4, -0.2) is 36.8 Å². The summed E-state index contributed by atoms with van der Waals surface area (Å²) in [6.45, 7) is 18.6. The van der Waals surface area contributed by atoms with Gasteiger partial charge in [-0.25, -0.2) is 4.79 Å². The fourth-order valence-electron chi connectivity index (χ4n) is 4.86. The van der Waals surface area contributed by atoms with Crippen LogP contribution >= 0.6 is 0 Å². The van der Waals surface area contributed by atoms with Crippen molar-refractivity contribution in [1.82, 2.24) is 5.32 Å². The molecular formula is C33H44N2O2. The quantitative estimate of drug-likeness (QED) is 0.264. The standard InChI is InChI=1S/C33H44N2O2/c1-8-35(9-2)31-19-18-28(22-30(31)33(5,6)7)29-21-27(24-12-15-26(16-13-24)32(36)37)17-14-25(29)11-10-20-34-23(3)4/h12-19,21-23,34H,8-11,20H2,1-7H3,(H,36,37). The number of rotatable bonds is 11. The molecule has 0 saturated heterocycles. The number of aryl methyl sites for hydroxylation is 1. The Kier molecular flexibility index (Phi) is 9.56. The molecule has 0 aromatic heterocycles. The Morgan fingerprint density at radius 3 is 2.08 bits per heavy atom. The van der Waals surface area contributed by atoms with Gasteiger partial charge in [-0.1, -0.05) is 65.0 Å². The summed E-state index contributed by atoms with van der Waals surface area (Å²) >= 11 is 0. The molecule has 0 bridgehead atoms.